The number of anilines is 3. The number of nitrogens with zero attached hydrogens (tertiary/aromatic N) is 1. The fourth-order valence-corrected chi connectivity index (χ4v) is 1.78. The number of benzene rings is 2. The number of ether oxygens (including phenoxy) is 1. The lowest BCUT2D eigenvalue weighted by Gasteiger charge is -2.13. The predicted octanol–water partition coefficient (Wildman–Crippen LogP) is 3.52. The molecule has 2 aromatic carbocycles. The van der Waals surface area contributed by atoms with E-state index in [1.165, 1.54) is 36.4 Å². The van der Waals surface area contributed by atoms with Gasteiger partial charge in [-0.15, -0.1) is 0 Å². The molecular weight excluding hydrogens is 284 g/mol. The Morgan fingerprint density at radius 2 is 1.81 bits per heavy atom. The molecule has 0 heterocycles. The third kappa shape index (κ3) is 3.35. The van der Waals surface area contributed by atoms with Gasteiger partial charge in [0.25, 0.3) is 0 Å². The van der Waals surface area contributed by atoms with Crippen LogP contribution in [-0.2, 0) is 0 Å². The number of halogens is 2. The Labute approximate surface area is 118 Å². The topological polar surface area (TPSA) is 90.4 Å². The van der Waals surface area contributed by atoms with E-state index >= 15 is 0 Å². The van der Waals surface area contributed by atoms with Gasteiger partial charge in [0.1, 0.15) is 17.1 Å². The quantitative estimate of drug-likeness (QED) is 0.500. The molecule has 3 N–H and O–H groups in total. The first-order valence-electron chi connectivity index (χ1n) is 5.83. The van der Waals surface area contributed by atoms with Gasteiger partial charge in [0.05, 0.1) is 10.6 Å². The summed E-state index contributed by atoms with van der Waals surface area (Å²) < 4.78 is 29.0. The highest BCUT2D eigenvalue weighted by molar-refractivity contribution is 5.79. The normalized spacial score (nSPS) is 10.4. The Balaban J connectivity index is 2.39. The minimum Gasteiger partial charge on any atom is -0.433 e. The highest BCUT2D eigenvalue weighted by Crippen LogP contribution is 2.35. The molecule has 0 saturated carbocycles. The third-order valence-corrected chi connectivity index (χ3v) is 2.62. The maximum atomic E-state index is 12.3. The third-order valence-electron chi connectivity index (χ3n) is 2.62. The molecule has 0 radical (unpaired) electrons. The van der Waals surface area contributed by atoms with Gasteiger partial charge in [-0.3, -0.25) is 10.1 Å². The van der Waals surface area contributed by atoms with E-state index < -0.39 is 11.5 Å². The van der Waals surface area contributed by atoms with Gasteiger partial charge >= 0.3 is 12.3 Å². The average Bonchev–Trinajstić information content (AvgIpc) is 2.40. The number of hydrogen-bond acceptors (Lipinski definition) is 5. The molecule has 0 aliphatic rings. The summed E-state index contributed by atoms with van der Waals surface area (Å²) in [5.41, 5.74) is 5.46. The highest BCUT2D eigenvalue weighted by Gasteiger charge is 2.19. The van der Waals surface area contributed by atoms with Crippen molar-refractivity contribution >= 4 is 22.7 Å². The lowest BCUT2D eigenvalue weighted by atomic mass is 10.2. The van der Waals surface area contributed by atoms with E-state index in [1.54, 1.807) is 6.07 Å². The molecule has 0 fully saturated rings. The zero-order valence-corrected chi connectivity index (χ0v) is 10.6. The van der Waals surface area contributed by atoms with Gasteiger partial charge in [-0.25, -0.2) is 0 Å². The van der Waals surface area contributed by atoms with Crippen LogP contribution in [0.5, 0.6) is 5.75 Å². The molecule has 2 rings (SSSR count). The fraction of sp³-hybridized carbons (Fsp3) is 0.0769. The molecule has 2 aromatic rings. The van der Waals surface area contributed by atoms with E-state index in [0.29, 0.717) is 0 Å². The zero-order chi connectivity index (χ0) is 15.4. The van der Waals surface area contributed by atoms with Crippen molar-refractivity contribution in [2.45, 2.75) is 6.61 Å². The number of nitrogens with one attached hydrogen (secondary N) is 1. The molecule has 0 saturated heterocycles. The van der Waals surface area contributed by atoms with Crippen molar-refractivity contribution < 1.29 is 18.4 Å². The molecule has 0 spiro atoms. The van der Waals surface area contributed by atoms with Crippen molar-refractivity contribution in [3.8, 4) is 5.75 Å². The standard InChI is InChI=1S/C13H11F2N3O3/c14-13(15)21-11-7-2-1-5-9(11)17-10-6-3-4-8(16)12(10)18(19)20/h1-7,13,17H,16H2. The number of nitrogens with two attached hydrogens (primary N) is 1. The number of hydrogen-bond donors (Lipinski definition) is 2. The Bertz CT molecular complexity index is 665. The van der Waals surface area contributed by atoms with Crippen molar-refractivity contribution in [2.75, 3.05) is 11.1 Å². The van der Waals surface area contributed by atoms with Gasteiger partial charge in [0.2, 0.25) is 0 Å². The minimum atomic E-state index is -3.00. The second-order valence-electron chi connectivity index (χ2n) is 4.00. The molecule has 21 heavy (non-hydrogen) atoms. The Hall–Kier alpha value is -2.90. The second kappa shape index (κ2) is 6.04. The minimum absolute atomic E-state index is 0.0303. The maximum Gasteiger partial charge on any atom is 0.387 e. The van der Waals surface area contributed by atoms with E-state index in [9.17, 15) is 18.9 Å². The summed E-state index contributed by atoms with van der Waals surface area (Å²) in [7, 11) is 0. The van der Waals surface area contributed by atoms with Crippen LogP contribution in [0.25, 0.3) is 0 Å². The molecule has 0 amide bonds. The first kappa shape index (κ1) is 14.5. The molecule has 0 unspecified atom stereocenters. The van der Waals surface area contributed by atoms with Crippen LogP contribution in [0.4, 0.5) is 31.5 Å². The van der Waals surface area contributed by atoms with Gasteiger partial charge < -0.3 is 15.8 Å². The summed E-state index contributed by atoms with van der Waals surface area (Å²) in [6.45, 7) is -3.00. The lowest BCUT2D eigenvalue weighted by molar-refractivity contribution is -0.383. The van der Waals surface area contributed by atoms with Crippen molar-refractivity contribution in [1.29, 1.82) is 0 Å². The number of para-hydroxylation sites is 3. The smallest absolute Gasteiger partial charge is 0.387 e. The summed E-state index contributed by atoms with van der Waals surface area (Å²) in [5.74, 6) is -0.121. The SMILES string of the molecule is Nc1cccc(Nc2ccccc2OC(F)F)c1[N+](=O)[O-]. The largest absolute Gasteiger partial charge is 0.433 e. The van der Waals surface area contributed by atoms with Crippen LogP contribution in [0, 0.1) is 10.1 Å². The Morgan fingerprint density at radius 1 is 1.14 bits per heavy atom. The highest BCUT2D eigenvalue weighted by atomic mass is 19.3. The van der Waals surface area contributed by atoms with E-state index in [-0.39, 0.29) is 28.5 Å². The van der Waals surface area contributed by atoms with Gasteiger partial charge in [0.15, 0.2) is 0 Å². The molecule has 0 aromatic heterocycles. The number of nitro benzene ring substituents is 1. The van der Waals surface area contributed by atoms with Crippen molar-refractivity contribution in [3.63, 3.8) is 0 Å². The monoisotopic (exact) mass is 295 g/mol. The number of rotatable bonds is 5. The van der Waals surface area contributed by atoms with Gasteiger partial charge in [0, 0.05) is 0 Å². The second-order valence-corrected chi connectivity index (χ2v) is 4.00. The lowest BCUT2D eigenvalue weighted by Crippen LogP contribution is -2.05. The zero-order valence-electron chi connectivity index (χ0n) is 10.6. The summed E-state index contributed by atoms with van der Waals surface area (Å²) in [6, 6.07) is 10.2. The van der Waals surface area contributed by atoms with E-state index in [2.05, 4.69) is 10.1 Å². The molecular formula is C13H11F2N3O3. The molecule has 0 aliphatic carbocycles. The van der Waals surface area contributed by atoms with E-state index in [4.69, 9.17) is 5.73 Å². The van der Waals surface area contributed by atoms with Crippen molar-refractivity contribution in [2.24, 2.45) is 0 Å². The van der Waals surface area contributed by atoms with Crippen LogP contribution in [0.2, 0.25) is 0 Å². The molecule has 8 heteroatoms. The molecule has 0 bridgehead atoms. The average molecular weight is 295 g/mol. The van der Waals surface area contributed by atoms with Crippen LogP contribution < -0.4 is 15.8 Å². The Kier molecular flexibility index (Phi) is 4.17. The van der Waals surface area contributed by atoms with Crippen molar-refractivity contribution in [1.82, 2.24) is 0 Å². The summed E-state index contributed by atoms with van der Waals surface area (Å²) >= 11 is 0. The molecule has 0 atom stereocenters. The Morgan fingerprint density at radius 3 is 2.48 bits per heavy atom. The van der Waals surface area contributed by atoms with Gasteiger partial charge in [-0.05, 0) is 24.3 Å². The van der Waals surface area contributed by atoms with Crippen LogP contribution in [0.15, 0.2) is 42.5 Å². The van der Waals surface area contributed by atoms with Crippen LogP contribution in [-0.4, -0.2) is 11.5 Å². The van der Waals surface area contributed by atoms with E-state index in [0.717, 1.165) is 0 Å². The van der Waals surface area contributed by atoms with Crippen LogP contribution in [0.1, 0.15) is 0 Å². The first-order chi connectivity index (χ1) is 9.99. The fourth-order valence-electron chi connectivity index (χ4n) is 1.78. The van der Waals surface area contributed by atoms with Gasteiger partial charge in [-0.1, -0.05) is 18.2 Å². The van der Waals surface area contributed by atoms with E-state index in [1.807, 2.05) is 0 Å². The van der Waals surface area contributed by atoms with Gasteiger partial charge in [-0.2, -0.15) is 8.78 Å². The van der Waals surface area contributed by atoms with Crippen LogP contribution in [0.3, 0.4) is 0 Å². The van der Waals surface area contributed by atoms with Crippen LogP contribution >= 0.6 is 0 Å². The maximum absolute atomic E-state index is 12.3. The van der Waals surface area contributed by atoms with Crippen molar-refractivity contribution in [3.05, 3.63) is 52.6 Å². The molecule has 0 aliphatic heterocycles. The molecule has 6 nitrogen and oxygen atoms in total. The number of nitrogen functional groups attached to an aromatic ring is 1. The predicted molar refractivity (Wildman–Crippen MR) is 73.9 cm³/mol. The molecule has 110 valence electrons. The summed E-state index contributed by atoms with van der Waals surface area (Å²) in [5, 5.41) is 13.7. The number of alkyl halides is 2. The number of nitro groups is 1. The summed E-state index contributed by atoms with van der Waals surface area (Å²) in [6.07, 6.45) is 0. The first-order valence-corrected chi connectivity index (χ1v) is 5.83. The summed E-state index contributed by atoms with van der Waals surface area (Å²) in [4.78, 5) is 10.4.